The number of aryl methyl sites for hydroxylation is 1. The molecule has 29 heavy (non-hydrogen) atoms. The highest BCUT2D eigenvalue weighted by Crippen LogP contribution is 2.42. The Morgan fingerprint density at radius 3 is 2.79 bits per heavy atom. The van der Waals surface area contributed by atoms with Crippen molar-refractivity contribution in [3.63, 3.8) is 0 Å². The molecular weight excluding hydrogens is 368 g/mol. The Labute approximate surface area is 167 Å². The molecule has 1 aromatic carbocycles. The van der Waals surface area contributed by atoms with E-state index >= 15 is 0 Å². The van der Waals surface area contributed by atoms with Crippen LogP contribution in [0.2, 0.25) is 0 Å². The van der Waals surface area contributed by atoms with Gasteiger partial charge in [-0.3, -0.25) is 4.79 Å². The Hall–Kier alpha value is -3.12. The number of rotatable bonds is 2. The fourth-order valence-electron chi connectivity index (χ4n) is 4.67. The summed E-state index contributed by atoms with van der Waals surface area (Å²) in [7, 11) is 0. The fourth-order valence-corrected chi connectivity index (χ4v) is 4.67. The first-order chi connectivity index (χ1) is 13.9. The maximum atomic E-state index is 13.3. The van der Waals surface area contributed by atoms with E-state index in [1.165, 1.54) is 0 Å². The number of pyridine rings is 2. The summed E-state index contributed by atoms with van der Waals surface area (Å²) in [6.45, 7) is 8.32. The lowest BCUT2D eigenvalue weighted by Crippen LogP contribution is -2.38. The molecule has 0 bridgehead atoms. The lowest BCUT2D eigenvalue weighted by atomic mass is 9.84. The molecule has 0 spiro atoms. The molecule has 0 amide bonds. The molecular formula is C23H22N2O4. The van der Waals surface area contributed by atoms with E-state index in [-0.39, 0.29) is 23.7 Å². The summed E-state index contributed by atoms with van der Waals surface area (Å²) in [6, 6.07) is 7.04. The summed E-state index contributed by atoms with van der Waals surface area (Å²) >= 11 is 0. The Balaban J connectivity index is 1.84. The molecule has 2 N–H and O–H groups in total. The van der Waals surface area contributed by atoms with Crippen LogP contribution in [0.15, 0.2) is 41.4 Å². The summed E-state index contributed by atoms with van der Waals surface area (Å²) in [5.41, 5.74) is 3.72. The Bertz CT molecular complexity index is 1270. The minimum Gasteiger partial charge on any atom is -0.508 e. The predicted molar refractivity (Wildman–Crippen MR) is 110 cm³/mol. The number of ether oxygens (including phenoxy) is 1. The molecule has 2 aliphatic rings. The smallest absolute Gasteiger partial charge is 0.258 e. The van der Waals surface area contributed by atoms with E-state index in [1.54, 1.807) is 16.7 Å². The van der Waals surface area contributed by atoms with E-state index in [0.29, 0.717) is 35.3 Å². The molecule has 6 heteroatoms. The first kappa shape index (κ1) is 17.9. The van der Waals surface area contributed by atoms with Crippen LogP contribution in [-0.2, 0) is 29.9 Å². The van der Waals surface area contributed by atoms with Gasteiger partial charge in [-0.2, -0.15) is 0 Å². The highest BCUT2D eigenvalue weighted by Gasteiger charge is 2.41. The van der Waals surface area contributed by atoms with E-state index in [2.05, 4.69) is 13.5 Å². The zero-order valence-corrected chi connectivity index (χ0v) is 16.5. The van der Waals surface area contributed by atoms with Crippen molar-refractivity contribution in [1.29, 1.82) is 0 Å². The van der Waals surface area contributed by atoms with Crippen molar-refractivity contribution >= 4 is 10.9 Å². The zero-order valence-electron chi connectivity index (χ0n) is 16.5. The van der Waals surface area contributed by atoms with E-state index < -0.39 is 5.60 Å². The lowest BCUT2D eigenvalue weighted by molar-refractivity contribution is -0.0172. The SMILES string of the molecule is C=C1OCc2c(cc3n(c2=O)Cc2c-3nc3cc(O)ccc3c2CC)[C@@]1(O)CC. The number of aromatic hydroxyl groups is 1. The predicted octanol–water partition coefficient (Wildman–Crippen LogP) is 3.33. The molecule has 5 rings (SSSR count). The molecule has 2 aromatic heterocycles. The van der Waals surface area contributed by atoms with Gasteiger partial charge in [0.1, 0.15) is 23.7 Å². The van der Waals surface area contributed by atoms with Crippen LogP contribution in [0.3, 0.4) is 0 Å². The topological polar surface area (TPSA) is 84.6 Å². The van der Waals surface area contributed by atoms with Crippen molar-refractivity contribution in [1.82, 2.24) is 9.55 Å². The van der Waals surface area contributed by atoms with Gasteiger partial charge in [-0.1, -0.05) is 20.4 Å². The van der Waals surface area contributed by atoms with Crippen LogP contribution >= 0.6 is 0 Å². The molecule has 148 valence electrons. The fraction of sp³-hybridized carbons (Fsp3) is 0.304. The molecule has 0 aliphatic carbocycles. The van der Waals surface area contributed by atoms with Gasteiger partial charge in [0.15, 0.2) is 0 Å². The summed E-state index contributed by atoms with van der Waals surface area (Å²) in [6.07, 6.45) is 1.14. The van der Waals surface area contributed by atoms with E-state index in [9.17, 15) is 15.0 Å². The van der Waals surface area contributed by atoms with Crippen LogP contribution in [0.1, 0.15) is 42.5 Å². The Morgan fingerprint density at radius 1 is 1.28 bits per heavy atom. The second-order valence-corrected chi connectivity index (χ2v) is 7.71. The van der Waals surface area contributed by atoms with E-state index in [0.717, 1.165) is 28.6 Å². The van der Waals surface area contributed by atoms with Gasteiger partial charge in [0.25, 0.3) is 5.56 Å². The summed E-state index contributed by atoms with van der Waals surface area (Å²) < 4.78 is 7.26. The summed E-state index contributed by atoms with van der Waals surface area (Å²) in [5.74, 6) is 0.419. The van der Waals surface area contributed by atoms with Gasteiger partial charge in [0.2, 0.25) is 0 Å². The van der Waals surface area contributed by atoms with Gasteiger partial charge in [0.05, 0.1) is 29.0 Å². The minimum absolute atomic E-state index is 0.107. The van der Waals surface area contributed by atoms with Crippen molar-refractivity contribution in [2.24, 2.45) is 0 Å². The Morgan fingerprint density at radius 2 is 2.07 bits per heavy atom. The molecule has 0 fully saturated rings. The molecule has 0 radical (unpaired) electrons. The van der Waals surface area contributed by atoms with E-state index in [1.807, 2.05) is 19.1 Å². The van der Waals surface area contributed by atoms with Crippen LogP contribution < -0.4 is 5.56 Å². The number of phenolic OH excluding ortho intramolecular Hbond substituents is 1. The van der Waals surface area contributed by atoms with Gasteiger partial charge in [0, 0.05) is 22.6 Å². The highest BCUT2D eigenvalue weighted by molar-refractivity contribution is 5.89. The van der Waals surface area contributed by atoms with Gasteiger partial charge >= 0.3 is 0 Å². The van der Waals surface area contributed by atoms with Gasteiger partial charge in [-0.25, -0.2) is 4.98 Å². The second-order valence-electron chi connectivity index (χ2n) is 7.71. The van der Waals surface area contributed by atoms with Crippen molar-refractivity contribution in [2.45, 2.75) is 45.4 Å². The largest absolute Gasteiger partial charge is 0.508 e. The number of hydrogen-bond acceptors (Lipinski definition) is 5. The molecule has 3 aromatic rings. The molecule has 0 unspecified atom stereocenters. The Kier molecular flexibility index (Phi) is 3.67. The van der Waals surface area contributed by atoms with Gasteiger partial charge < -0.3 is 19.5 Å². The van der Waals surface area contributed by atoms with Gasteiger partial charge in [-0.05, 0) is 36.6 Å². The van der Waals surface area contributed by atoms with E-state index in [4.69, 9.17) is 9.72 Å². The minimum atomic E-state index is -1.40. The van der Waals surface area contributed by atoms with Gasteiger partial charge in [-0.15, -0.1) is 0 Å². The average Bonchev–Trinajstić information content (AvgIpc) is 3.08. The zero-order chi connectivity index (χ0) is 20.5. The number of hydrogen-bond donors (Lipinski definition) is 2. The number of benzene rings is 1. The molecule has 0 saturated heterocycles. The molecule has 6 nitrogen and oxygen atoms in total. The molecule has 1 atom stereocenters. The van der Waals surface area contributed by atoms with Crippen molar-refractivity contribution in [3.8, 4) is 17.1 Å². The highest BCUT2D eigenvalue weighted by atomic mass is 16.5. The number of fused-ring (bicyclic) bond motifs is 5. The standard InChI is InChI=1S/C23H22N2O4/c1-4-14-15-7-6-13(26)8-19(15)24-21-16(14)10-25-20(21)9-18-17(22(25)27)11-29-12(3)23(18,28)5-2/h6-9,26,28H,3-5,10-11H2,1-2H3/t23-/m1/s1. The number of aliphatic hydroxyl groups is 1. The number of phenols is 1. The second kappa shape index (κ2) is 5.94. The summed E-state index contributed by atoms with van der Waals surface area (Å²) in [5, 5.41) is 22.1. The molecule has 0 saturated carbocycles. The van der Waals surface area contributed by atoms with Crippen molar-refractivity contribution in [2.75, 3.05) is 0 Å². The maximum absolute atomic E-state index is 13.3. The molecule has 4 heterocycles. The van der Waals surface area contributed by atoms with Crippen LogP contribution in [0.5, 0.6) is 5.75 Å². The monoisotopic (exact) mass is 390 g/mol. The van der Waals surface area contributed by atoms with Crippen LogP contribution in [0, 0.1) is 0 Å². The third kappa shape index (κ3) is 2.26. The first-order valence-corrected chi connectivity index (χ1v) is 9.85. The maximum Gasteiger partial charge on any atom is 0.258 e. The lowest BCUT2D eigenvalue weighted by Gasteiger charge is -2.35. The van der Waals surface area contributed by atoms with Crippen molar-refractivity contribution in [3.05, 3.63) is 69.2 Å². The normalized spacial score (nSPS) is 19.6. The van der Waals surface area contributed by atoms with Crippen LogP contribution in [0.4, 0.5) is 0 Å². The van der Waals surface area contributed by atoms with Crippen LogP contribution in [0.25, 0.3) is 22.3 Å². The molecule has 2 aliphatic heterocycles. The van der Waals surface area contributed by atoms with Crippen LogP contribution in [-0.4, -0.2) is 19.8 Å². The first-order valence-electron chi connectivity index (χ1n) is 9.85. The quantitative estimate of drug-likeness (QED) is 0.548. The summed E-state index contributed by atoms with van der Waals surface area (Å²) in [4.78, 5) is 18.1. The third-order valence-corrected chi connectivity index (χ3v) is 6.31. The van der Waals surface area contributed by atoms with Crippen molar-refractivity contribution < 1.29 is 14.9 Å². The number of aromatic nitrogens is 2. The third-order valence-electron chi connectivity index (χ3n) is 6.31. The number of nitrogens with zero attached hydrogens (tertiary/aromatic N) is 2. The average molecular weight is 390 g/mol.